The zero-order valence-corrected chi connectivity index (χ0v) is 8.48. The fourth-order valence-electron chi connectivity index (χ4n) is 1.96. The van der Waals surface area contributed by atoms with E-state index in [1.807, 2.05) is 6.07 Å². The molecule has 1 aliphatic heterocycles. The molecule has 74 valence electrons. The Morgan fingerprint density at radius 2 is 2.07 bits per heavy atom. The second-order valence-electron chi connectivity index (χ2n) is 3.80. The lowest BCUT2D eigenvalue weighted by Crippen LogP contribution is -2.20. The summed E-state index contributed by atoms with van der Waals surface area (Å²) in [7, 11) is 2.14. The highest BCUT2D eigenvalue weighted by atomic mass is 15.1. The topological polar surface area (TPSA) is 29.3 Å². The van der Waals surface area contributed by atoms with Gasteiger partial charge in [0.15, 0.2) is 0 Å². The third-order valence-corrected chi connectivity index (χ3v) is 2.72. The van der Waals surface area contributed by atoms with Gasteiger partial charge in [-0.1, -0.05) is 36.4 Å². The van der Waals surface area contributed by atoms with Crippen molar-refractivity contribution in [2.24, 2.45) is 5.73 Å². The van der Waals surface area contributed by atoms with Crippen LogP contribution in [0.3, 0.4) is 0 Å². The number of rotatable bonds is 2. The maximum atomic E-state index is 5.64. The first-order chi connectivity index (χ1) is 6.81. The Balaban J connectivity index is 2.23. The minimum Gasteiger partial charge on any atom is -0.327 e. The van der Waals surface area contributed by atoms with Crippen LogP contribution in [-0.4, -0.2) is 25.0 Å². The summed E-state index contributed by atoms with van der Waals surface area (Å²) in [5.41, 5.74) is 8.32. The van der Waals surface area contributed by atoms with Gasteiger partial charge in [-0.25, -0.2) is 0 Å². The third-order valence-electron chi connectivity index (χ3n) is 2.72. The molecule has 1 atom stereocenters. The van der Waals surface area contributed by atoms with Gasteiger partial charge in [0.25, 0.3) is 0 Å². The van der Waals surface area contributed by atoms with E-state index in [0.717, 1.165) is 6.54 Å². The highest BCUT2D eigenvalue weighted by molar-refractivity contribution is 5.29. The molecule has 0 bridgehead atoms. The Labute approximate surface area is 85.0 Å². The molecule has 0 fully saturated rings. The van der Waals surface area contributed by atoms with Crippen LogP contribution in [0.25, 0.3) is 0 Å². The van der Waals surface area contributed by atoms with Crippen LogP contribution in [0.5, 0.6) is 0 Å². The lowest BCUT2D eigenvalue weighted by molar-refractivity contribution is 0.336. The predicted octanol–water partition coefficient (Wildman–Crippen LogP) is 1.56. The summed E-state index contributed by atoms with van der Waals surface area (Å²) in [5, 5.41) is 0. The average Bonchev–Trinajstić information content (AvgIpc) is 2.61. The maximum Gasteiger partial charge on any atom is 0.0535 e. The lowest BCUT2D eigenvalue weighted by Gasteiger charge is -2.19. The van der Waals surface area contributed by atoms with Crippen LogP contribution in [0.1, 0.15) is 11.6 Å². The first-order valence-corrected chi connectivity index (χ1v) is 4.96. The molecule has 1 aliphatic rings. The van der Waals surface area contributed by atoms with E-state index in [0.29, 0.717) is 12.6 Å². The Bertz CT molecular complexity index is 329. The molecule has 0 spiro atoms. The molecule has 1 unspecified atom stereocenters. The Kier molecular flexibility index (Phi) is 2.66. The zero-order chi connectivity index (χ0) is 9.97. The summed E-state index contributed by atoms with van der Waals surface area (Å²) in [6.07, 6.45) is 2.27. The molecule has 0 amide bonds. The molecule has 1 aromatic rings. The van der Waals surface area contributed by atoms with Crippen molar-refractivity contribution in [1.29, 1.82) is 0 Å². The van der Waals surface area contributed by atoms with E-state index in [1.165, 1.54) is 11.1 Å². The molecular formula is C12H16N2. The summed E-state index contributed by atoms with van der Waals surface area (Å²) in [5.74, 6) is 0. The molecule has 0 saturated carbocycles. The molecule has 2 nitrogen and oxygen atoms in total. The fraction of sp³-hybridized carbons (Fsp3) is 0.333. The first kappa shape index (κ1) is 9.44. The molecule has 1 aromatic carbocycles. The monoisotopic (exact) mass is 188 g/mol. The van der Waals surface area contributed by atoms with Gasteiger partial charge in [-0.2, -0.15) is 0 Å². The van der Waals surface area contributed by atoms with Crippen molar-refractivity contribution in [3.8, 4) is 0 Å². The summed E-state index contributed by atoms with van der Waals surface area (Å²) in [6.45, 7) is 1.67. The maximum absolute atomic E-state index is 5.64. The second kappa shape index (κ2) is 3.95. The summed E-state index contributed by atoms with van der Waals surface area (Å²) < 4.78 is 0. The SMILES string of the molecule is CN1CC(CN)=CC1c1ccccc1. The van der Waals surface area contributed by atoms with Crippen LogP contribution in [0.4, 0.5) is 0 Å². The Morgan fingerprint density at radius 1 is 1.36 bits per heavy atom. The minimum atomic E-state index is 0.412. The number of hydrogen-bond donors (Lipinski definition) is 1. The van der Waals surface area contributed by atoms with Crippen molar-refractivity contribution in [2.75, 3.05) is 20.1 Å². The largest absolute Gasteiger partial charge is 0.327 e. The van der Waals surface area contributed by atoms with Gasteiger partial charge in [0.1, 0.15) is 0 Å². The normalized spacial score (nSPS) is 22.4. The van der Waals surface area contributed by atoms with Gasteiger partial charge in [-0.05, 0) is 18.2 Å². The number of likely N-dealkylation sites (N-methyl/N-ethyl adjacent to an activating group) is 1. The lowest BCUT2D eigenvalue weighted by atomic mass is 10.1. The van der Waals surface area contributed by atoms with Gasteiger partial charge in [-0.3, -0.25) is 4.90 Å². The quantitative estimate of drug-likeness (QED) is 0.714. The molecule has 0 saturated heterocycles. The van der Waals surface area contributed by atoms with Gasteiger partial charge >= 0.3 is 0 Å². The number of benzene rings is 1. The standard InChI is InChI=1S/C12H16N2/c1-14-9-10(8-13)7-12(14)11-5-3-2-4-6-11/h2-7,12H,8-9,13H2,1H3. The van der Waals surface area contributed by atoms with Crippen LogP contribution >= 0.6 is 0 Å². The van der Waals surface area contributed by atoms with Crippen LogP contribution in [0.2, 0.25) is 0 Å². The van der Waals surface area contributed by atoms with Gasteiger partial charge < -0.3 is 5.73 Å². The molecular weight excluding hydrogens is 172 g/mol. The highest BCUT2D eigenvalue weighted by Crippen LogP contribution is 2.27. The van der Waals surface area contributed by atoms with Gasteiger partial charge in [-0.15, -0.1) is 0 Å². The van der Waals surface area contributed by atoms with Gasteiger partial charge in [0.2, 0.25) is 0 Å². The van der Waals surface area contributed by atoms with E-state index in [4.69, 9.17) is 5.73 Å². The molecule has 0 aromatic heterocycles. The number of nitrogens with zero attached hydrogens (tertiary/aromatic N) is 1. The van der Waals surface area contributed by atoms with Crippen molar-refractivity contribution in [3.05, 3.63) is 47.5 Å². The first-order valence-electron chi connectivity index (χ1n) is 4.96. The van der Waals surface area contributed by atoms with Crippen molar-refractivity contribution in [1.82, 2.24) is 4.90 Å². The van der Waals surface area contributed by atoms with Gasteiger partial charge in [0, 0.05) is 13.1 Å². The fourth-order valence-corrected chi connectivity index (χ4v) is 1.96. The predicted molar refractivity (Wildman–Crippen MR) is 59.0 cm³/mol. The molecule has 2 heteroatoms. The van der Waals surface area contributed by atoms with E-state index in [-0.39, 0.29) is 0 Å². The van der Waals surface area contributed by atoms with Crippen molar-refractivity contribution in [2.45, 2.75) is 6.04 Å². The second-order valence-corrected chi connectivity index (χ2v) is 3.80. The van der Waals surface area contributed by atoms with Gasteiger partial charge in [0.05, 0.1) is 6.04 Å². The number of hydrogen-bond acceptors (Lipinski definition) is 2. The van der Waals surface area contributed by atoms with E-state index in [9.17, 15) is 0 Å². The third kappa shape index (κ3) is 1.72. The smallest absolute Gasteiger partial charge is 0.0535 e. The van der Waals surface area contributed by atoms with Crippen molar-refractivity contribution in [3.63, 3.8) is 0 Å². The molecule has 0 radical (unpaired) electrons. The van der Waals surface area contributed by atoms with E-state index in [1.54, 1.807) is 0 Å². The molecule has 2 rings (SSSR count). The zero-order valence-electron chi connectivity index (χ0n) is 8.48. The van der Waals surface area contributed by atoms with Crippen LogP contribution in [0, 0.1) is 0 Å². The Hall–Kier alpha value is -1.12. The summed E-state index contributed by atoms with van der Waals surface area (Å²) >= 11 is 0. The van der Waals surface area contributed by atoms with Crippen LogP contribution in [-0.2, 0) is 0 Å². The molecule has 14 heavy (non-hydrogen) atoms. The molecule has 1 heterocycles. The highest BCUT2D eigenvalue weighted by Gasteiger charge is 2.21. The van der Waals surface area contributed by atoms with E-state index < -0.39 is 0 Å². The summed E-state index contributed by atoms with van der Waals surface area (Å²) in [4.78, 5) is 2.32. The minimum absolute atomic E-state index is 0.412. The summed E-state index contributed by atoms with van der Waals surface area (Å²) in [6, 6.07) is 10.9. The number of nitrogens with two attached hydrogens (primary N) is 1. The molecule has 0 aliphatic carbocycles. The Morgan fingerprint density at radius 3 is 2.64 bits per heavy atom. The average molecular weight is 188 g/mol. The van der Waals surface area contributed by atoms with Crippen LogP contribution in [0.15, 0.2) is 42.0 Å². The van der Waals surface area contributed by atoms with Crippen molar-refractivity contribution < 1.29 is 0 Å². The van der Waals surface area contributed by atoms with Crippen molar-refractivity contribution >= 4 is 0 Å². The van der Waals surface area contributed by atoms with E-state index >= 15 is 0 Å². The van der Waals surface area contributed by atoms with Crippen LogP contribution < -0.4 is 5.73 Å². The van der Waals surface area contributed by atoms with E-state index in [2.05, 4.69) is 42.3 Å². The molecule has 2 N–H and O–H groups in total.